The highest BCUT2D eigenvalue weighted by Gasteiger charge is 2.10. The third-order valence-electron chi connectivity index (χ3n) is 2.61. The van der Waals surface area contributed by atoms with Crippen LogP contribution in [0.2, 0.25) is 0 Å². The van der Waals surface area contributed by atoms with Crippen LogP contribution >= 0.6 is 0 Å². The quantitative estimate of drug-likeness (QED) is 0.725. The molecule has 1 unspecified atom stereocenters. The lowest BCUT2D eigenvalue weighted by molar-refractivity contribution is 0.142. The van der Waals surface area contributed by atoms with Gasteiger partial charge in [0.2, 0.25) is 0 Å². The second-order valence-corrected chi connectivity index (χ2v) is 4.38. The first-order valence-electron chi connectivity index (χ1n) is 5.60. The Bertz CT molecular complexity index is 117. The molecule has 0 aromatic carbocycles. The third kappa shape index (κ3) is 5.27. The molecule has 1 aliphatic rings. The van der Waals surface area contributed by atoms with Gasteiger partial charge in [0.1, 0.15) is 0 Å². The molecule has 2 nitrogen and oxygen atoms in total. The fraction of sp³-hybridized carbons (Fsp3) is 1.00. The van der Waals surface area contributed by atoms with E-state index in [-0.39, 0.29) is 0 Å². The molecule has 1 heterocycles. The van der Waals surface area contributed by atoms with Crippen LogP contribution in [0.3, 0.4) is 0 Å². The van der Waals surface area contributed by atoms with Crippen molar-refractivity contribution < 1.29 is 4.74 Å². The molecule has 0 bridgehead atoms. The minimum atomic E-state index is 0.709. The van der Waals surface area contributed by atoms with Crippen molar-refractivity contribution in [1.29, 1.82) is 0 Å². The van der Waals surface area contributed by atoms with Gasteiger partial charge in [0.15, 0.2) is 0 Å². The second kappa shape index (κ2) is 6.39. The van der Waals surface area contributed by atoms with Gasteiger partial charge in [0.25, 0.3) is 0 Å². The number of hydrogen-bond acceptors (Lipinski definition) is 2. The van der Waals surface area contributed by atoms with Crippen LogP contribution in [-0.2, 0) is 4.74 Å². The summed E-state index contributed by atoms with van der Waals surface area (Å²) in [6.45, 7) is 7.62. The van der Waals surface area contributed by atoms with Gasteiger partial charge in [-0.25, -0.2) is 0 Å². The highest BCUT2D eigenvalue weighted by Crippen LogP contribution is 2.08. The zero-order chi connectivity index (χ0) is 9.52. The van der Waals surface area contributed by atoms with Gasteiger partial charge in [-0.3, -0.25) is 0 Å². The van der Waals surface area contributed by atoms with Crippen LogP contribution in [0.5, 0.6) is 0 Å². The lowest BCUT2D eigenvalue weighted by atomic mass is 10.1. The minimum absolute atomic E-state index is 0.709. The van der Waals surface area contributed by atoms with Crippen molar-refractivity contribution in [1.82, 2.24) is 5.32 Å². The monoisotopic (exact) mass is 185 g/mol. The first-order chi connectivity index (χ1) is 6.29. The molecule has 1 aliphatic heterocycles. The van der Waals surface area contributed by atoms with E-state index in [1.807, 2.05) is 0 Å². The summed E-state index contributed by atoms with van der Waals surface area (Å²) in [6, 6.07) is 0.709. The van der Waals surface area contributed by atoms with Crippen LogP contribution in [0.15, 0.2) is 0 Å². The molecule has 1 fully saturated rings. The highest BCUT2D eigenvalue weighted by atomic mass is 16.5. The van der Waals surface area contributed by atoms with Gasteiger partial charge in [0, 0.05) is 19.3 Å². The van der Waals surface area contributed by atoms with Crippen molar-refractivity contribution in [3.05, 3.63) is 0 Å². The van der Waals surface area contributed by atoms with Crippen LogP contribution in [0, 0.1) is 5.92 Å². The van der Waals surface area contributed by atoms with Crippen LogP contribution in [0.4, 0.5) is 0 Å². The highest BCUT2D eigenvalue weighted by molar-refractivity contribution is 4.69. The molecule has 13 heavy (non-hydrogen) atoms. The van der Waals surface area contributed by atoms with E-state index in [0.29, 0.717) is 6.04 Å². The van der Waals surface area contributed by atoms with Gasteiger partial charge in [-0.2, -0.15) is 0 Å². The molecular weight excluding hydrogens is 162 g/mol. The Morgan fingerprint density at radius 3 is 2.92 bits per heavy atom. The average molecular weight is 185 g/mol. The van der Waals surface area contributed by atoms with Gasteiger partial charge in [-0.15, -0.1) is 0 Å². The van der Waals surface area contributed by atoms with E-state index in [1.54, 1.807) is 0 Å². The topological polar surface area (TPSA) is 21.3 Å². The van der Waals surface area contributed by atoms with Crippen molar-refractivity contribution in [3.63, 3.8) is 0 Å². The summed E-state index contributed by atoms with van der Waals surface area (Å²) in [5.74, 6) is 0.814. The molecule has 78 valence electrons. The summed E-state index contributed by atoms with van der Waals surface area (Å²) in [5, 5.41) is 3.61. The zero-order valence-electron chi connectivity index (χ0n) is 9.01. The van der Waals surface area contributed by atoms with E-state index >= 15 is 0 Å². The standard InChI is InChI=1S/C11H23NO/c1-10(2)5-7-12-11-4-3-8-13-9-6-11/h10-12H,3-9H2,1-2H3. The second-order valence-electron chi connectivity index (χ2n) is 4.38. The Kier molecular flexibility index (Phi) is 5.40. The fourth-order valence-corrected chi connectivity index (χ4v) is 1.68. The molecule has 1 saturated heterocycles. The molecular formula is C11H23NO. The van der Waals surface area contributed by atoms with Crippen molar-refractivity contribution in [2.45, 2.75) is 45.6 Å². The minimum Gasteiger partial charge on any atom is -0.381 e. The summed E-state index contributed by atoms with van der Waals surface area (Å²) in [5.41, 5.74) is 0. The molecule has 2 heteroatoms. The molecule has 1 N–H and O–H groups in total. The maximum Gasteiger partial charge on any atom is 0.0480 e. The Labute approximate surface area is 82.0 Å². The Morgan fingerprint density at radius 2 is 2.15 bits per heavy atom. The van der Waals surface area contributed by atoms with Gasteiger partial charge >= 0.3 is 0 Å². The van der Waals surface area contributed by atoms with Crippen LogP contribution < -0.4 is 5.32 Å². The van der Waals surface area contributed by atoms with Gasteiger partial charge < -0.3 is 10.1 Å². The van der Waals surface area contributed by atoms with Crippen molar-refractivity contribution >= 4 is 0 Å². The largest absolute Gasteiger partial charge is 0.381 e. The van der Waals surface area contributed by atoms with Crippen molar-refractivity contribution in [2.75, 3.05) is 19.8 Å². The lowest BCUT2D eigenvalue weighted by Crippen LogP contribution is -2.30. The maximum atomic E-state index is 5.41. The Balaban J connectivity index is 2.05. The number of rotatable bonds is 4. The molecule has 0 radical (unpaired) electrons. The summed E-state index contributed by atoms with van der Waals surface area (Å²) < 4.78 is 5.41. The molecule has 0 spiro atoms. The van der Waals surface area contributed by atoms with E-state index in [4.69, 9.17) is 4.74 Å². The SMILES string of the molecule is CC(C)CCNC1CCCOCC1. The summed E-state index contributed by atoms with van der Waals surface area (Å²) in [6.07, 6.45) is 4.99. The Hall–Kier alpha value is -0.0800. The van der Waals surface area contributed by atoms with Crippen LogP contribution in [0.1, 0.15) is 39.5 Å². The van der Waals surface area contributed by atoms with Crippen molar-refractivity contribution in [2.24, 2.45) is 5.92 Å². The predicted octanol–water partition coefficient (Wildman–Crippen LogP) is 2.19. The fourth-order valence-electron chi connectivity index (χ4n) is 1.68. The Morgan fingerprint density at radius 1 is 1.31 bits per heavy atom. The molecule has 0 aliphatic carbocycles. The van der Waals surface area contributed by atoms with Gasteiger partial charge in [-0.1, -0.05) is 13.8 Å². The summed E-state index contributed by atoms with van der Waals surface area (Å²) >= 11 is 0. The molecule has 1 atom stereocenters. The number of nitrogens with one attached hydrogen (secondary N) is 1. The first kappa shape index (κ1) is 11.0. The van der Waals surface area contributed by atoms with E-state index in [0.717, 1.165) is 19.1 Å². The van der Waals surface area contributed by atoms with Crippen LogP contribution in [-0.4, -0.2) is 25.8 Å². The summed E-state index contributed by atoms with van der Waals surface area (Å²) in [7, 11) is 0. The molecule has 0 amide bonds. The maximum absolute atomic E-state index is 5.41. The van der Waals surface area contributed by atoms with Crippen LogP contribution in [0.25, 0.3) is 0 Å². The number of ether oxygens (including phenoxy) is 1. The lowest BCUT2D eigenvalue weighted by Gasteiger charge is -2.16. The van der Waals surface area contributed by atoms with E-state index in [2.05, 4.69) is 19.2 Å². The van der Waals surface area contributed by atoms with E-state index in [9.17, 15) is 0 Å². The van der Waals surface area contributed by atoms with Gasteiger partial charge in [0.05, 0.1) is 0 Å². The predicted molar refractivity (Wildman–Crippen MR) is 55.9 cm³/mol. The molecule has 0 saturated carbocycles. The van der Waals surface area contributed by atoms with Crippen molar-refractivity contribution in [3.8, 4) is 0 Å². The zero-order valence-corrected chi connectivity index (χ0v) is 9.01. The number of hydrogen-bond donors (Lipinski definition) is 1. The smallest absolute Gasteiger partial charge is 0.0480 e. The average Bonchev–Trinajstić information content (AvgIpc) is 2.32. The normalized spacial score (nSPS) is 24.7. The summed E-state index contributed by atoms with van der Waals surface area (Å²) in [4.78, 5) is 0. The van der Waals surface area contributed by atoms with E-state index in [1.165, 1.54) is 32.2 Å². The first-order valence-corrected chi connectivity index (χ1v) is 5.60. The third-order valence-corrected chi connectivity index (χ3v) is 2.61. The molecule has 1 rings (SSSR count). The van der Waals surface area contributed by atoms with E-state index < -0.39 is 0 Å². The van der Waals surface area contributed by atoms with Gasteiger partial charge in [-0.05, 0) is 38.1 Å². The molecule has 0 aromatic rings. The molecule has 0 aromatic heterocycles.